The molecule has 0 aliphatic heterocycles. The Bertz CT molecular complexity index is 543. The number of aromatic nitrogens is 3. The number of benzene rings is 1. The maximum absolute atomic E-state index is 11.2. The smallest absolute Gasteiger partial charge is 0.170 e. The highest BCUT2D eigenvalue weighted by Gasteiger charge is 2.16. The first-order valence-electron chi connectivity index (χ1n) is 5.61. The van der Waals surface area contributed by atoms with Crippen molar-refractivity contribution in [3.63, 3.8) is 0 Å². The summed E-state index contributed by atoms with van der Waals surface area (Å²) in [4.78, 5) is 11.2. The predicted molar refractivity (Wildman–Crippen MR) is 66.0 cm³/mol. The Balaban J connectivity index is 2.61. The van der Waals surface area contributed by atoms with Crippen LogP contribution in [0, 0.1) is 6.92 Å². The lowest BCUT2D eigenvalue weighted by molar-refractivity contribution is 0.111. The number of aldehydes is 1. The minimum atomic E-state index is 0.125. The average Bonchev–Trinajstić information content (AvgIpc) is 2.73. The number of carbonyl (C=O) groups excluding carboxylic acids is 1. The van der Waals surface area contributed by atoms with Crippen LogP contribution in [0.5, 0.6) is 0 Å². The van der Waals surface area contributed by atoms with Gasteiger partial charge in [-0.15, -0.1) is 5.10 Å². The predicted octanol–water partition coefficient (Wildman–Crippen LogP) is 2.65. The van der Waals surface area contributed by atoms with Crippen molar-refractivity contribution >= 4 is 6.29 Å². The van der Waals surface area contributed by atoms with Crippen LogP contribution in [0.3, 0.4) is 0 Å². The molecule has 0 aliphatic carbocycles. The SMILES string of the molecule is Cc1ccccc1-c1nnn(C(C)C)c1C=O. The van der Waals surface area contributed by atoms with Gasteiger partial charge in [-0.1, -0.05) is 29.5 Å². The van der Waals surface area contributed by atoms with Gasteiger partial charge in [-0.2, -0.15) is 0 Å². The van der Waals surface area contributed by atoms with Gasteiger partial charge in [0.05, 0.1) is 0 Å². The molecule has 0 saturated heterocycles. The molecule has 0 spiro atoms. The fourth-order valence-electron chi connectivity index (χ4n) is 1.82. The number of aryl methyl sites for hydroxylation is 1. The van der Waals surface area contributed by atoms with Gasteiger partial charge in [0.25, 0.3) is 0 Å². The number of carbonyl (C=O) groups is 1. The average molecular weight is 229 g/mol. The third-order valence-electron chi connectivity index (χ3n) is 2.73. The quantitative estimate of drug-likeness (QED) is 0.760. The van der Waals surface area contributed by atoms with E-state index in [-0.39, 0.29) is 6.04 Å². The van der Waals surface area contributed by atoms with Gasteiger partial charge in [-0.25, -0.2) is 4.68 Å². The molecule has 0 amide bonds. The molecule has 1 heterocycles. The van der Waals surface area contributed by atoms with Gasteiger partial charge in [0.1, 0.15) is 11.4 Å². The Hall–Kier alpha value is -1.97. The summed E-state index contributed by atoms with van der Waals surface area (Å²) in [6.07, 6.45) is 0.821. The standard InChI is InChI=1S/C13H15N3O/c1-9(2)16-12(8-17)13(14-15-16)11-7-5-4-6-10(11)3/h4-9H,1-3H3. The topological polar surface area (TPSA) is 47.8 Å². The second-order valence-electron chi connectivity index (χ2n) is 4.29. The van der Waals surface area contributed by atoms with E-state index in [0.29, 0.717) is 11.4 Å². The Morgan fingerprint density at radius 2 is 2.00 bits per heavy atom. The molecule has 0 aliphatic rings. The highest BCUT2D eigenvalue weighted by atomic mass is 16.1. The Morgan fingerprint density at radius 3 is 2.59 bits per heavy atom. The highest BCUT2D eigenvalue weighted by molar-refractivity contribution is 5.84. The van der Waals surface area contributed by atoms with Crippen LogP contribution < -0.4 is 0 Å². The van der Waals surface area contributed by atoms with Gasteiger partial charge >= 0.3 is 0 Å². The van der Waals surface area contributed by atoms with Crippen molar-refractivity contribution in [3.8, 4) is 11.3 Å². The molecule has 0 radical (unpaired) electrons. The molecule has 0 N–H and O–H groups in total. The number of nitrogens with zero attached hydrogens (tertiary/aromatic N) is 3. The van der Waals surface area contributed by atoms with Gasteiger partial charge in [-0.05, 0) is 26.3 Å². The molecular formula is C13H15N3O. The van der Waals surface area contributed by atoms with Gasteiger partial charge in [-0.3, -0.25) is 4.79 Å². The molecule has 2 aromatic rings. The summed E-state index contributed by atoms with van der Waals surface area (Å²) in [5, 5.41) is 8.16. The largest absolute Gasteiger partial charge is 0.296 e. The Labute approximate surface area is 100 Å². The minimum absolute atomic E-state index is 0.125. The summed E-state index contributed by atoms with van der Waals surface area (Å²) in [5.74, 6) is 0. The molecule has 0 saturated carbocycles. The fourth-order valence-corrected chi connectivity index (χ4v) is 1.82. The van der Waals surface area contributed by atoms with Crippen LogP contribution in [-0.2, 0) is 0 Å². The molecule has 0 atom stereocenters. The fraction of sp³-hybridized carbons (Fsp3) is 0.308. The Morgan fingerprint density at radius 1 is 1.29 bits per heavy atom. The molecule has 4 heteroatoms. The van der Waals surface area contributed by atoms with Crippen LogP contribution in [-0.4, -0.2) is 21.3 Å². The third kappa shape index (κ3) is 1.98. The second-order valence-corrected chi connectivity index (χ2v) is 4.29. The molecule has 0 bridgehead atoms. The zero-order chi connectivity index (χ0) is 12.4. The van der Waals surface area contributed by atoms with E-state index in [2.05, 4.69) is 10.3 Å². The highest BCUT2D eigenvalue weighted by Crippen LogP contribution is 2.24. The monoisotopic (exact) mass is 229 g/mol. The van der Waals surface area contributed by atoms with E-state index < -0.39 is 0 Å². The molecule has 4 nitrogen and oxygen atoms in total. The molecule has 17 heavy (non-hydrogen) atoms. The molecular weight excluding hydrogens is 214 g/mol. The van der Waals surface area contributed by atoms with Gasteiger partial charge in [0, 0.05) is 11.6 Å². The maximum atomic E-state index is 11.2. The summed E-state index contributed by atoms with van der Waals surface area (Å²) < 4.78 is 1.65. The molecule has 1 aromatic heterocycles. The number of rotatable bonds is 3. The zero-order valence-electron chi connectivity index (χ0n) is 10.2. The van der Waals surface area contributed by atoms with E-state index in [1.807, 2.05) is 45.0 Å². The number of hydrogen-bond acceptors (Lipinski definition) is 3. The minimum Gasteiger partial charge on any atom is -0.296 e. The van der Waals surface area contributed by atoms with Crippen molar-refractivity contribution in [2.24, 2.45) is 0 Å². The van der Waals surface area contributed by atoms with Gasteiger partial charge < -0.3 is 0 Å². The van der Waals surface area contributed by atoms with E-state index in [4.69, 9.17) is 0 Å². The lowest BCUT2D eigenvalue weighted by Gasteiger charge is -2.06. The van der Waals surface area contributed by atoms with Crippen LogP contribution >= 0.6 is 0 Å². The van der Waals surface area contributed by atoms with Crippen molar-refractivity contribution in [2.45, 2.75) is 26.8 Å². The van der Waals surface area contributed by atoms with Crippen molar-refractivity contribution < 1.29 is 4.79 Å². The second kappa shape index (κ2) is 4.49. The third-order valence-corrected chi connectivity index (χ3v) is 2.73. The first-order valence-corrected chi connectivity index (χ1v) is 5.61. The first-order chi connectivity index (χ1) is 8.15. The summed E-state index contributed by atoms with van der Waals surface area (Å²) in [5.41, 5.74) is 3.24. The lowest BCUT2D eigenvalue weighted by Crippen LogP contribution is -2.07. The molecule has 88 valence electrons. The van der Waals surface area contributed by atoms with Crippen LogP contribution in [0.25, 0.3) is 11.3 Å². The lowest BCUT2D eigenvalue weighted by atomic mass is 10.0. The van der Waals surface area contributed by atoms with E-state index in [0.717, 1.165) is 17.4 Å². The van der Waals surface area contributed by atoms with Crippen LogP contribution in [0.4, 0.5) is 0 Å². The first kappa shape index (κ1) is 11.5. The van der Waals surface area contributed by atoms with E-state index in [1.54, 1.807) is 4.68 Å². The van der Waals surface area contributed by atoms with Gasteiger partial charge in [0.2, 0.25) is 0 Å². The Kier molecular flexibility index (Phi) is 3.04. The normalized spacial score (nSPS) is 10.8. The summed E-state index contributed by atoms with van der Waals surface area (Å²) in [6.45, 7) is 5.95. The molecule has 1 aromatic carbocycles. The molecule has 0 fully saturated rings. The van der Waals surface area contributed by atoms with Crippen molar-refractivity contribution in [1.82, 2.24) is 15.0 Å². The van der Waals surface area contributed by atoms with Crippen LogP contribution in [0.2, 0.25) is 0 Å². The van der Waals surface area contributed by atoms with E-state index >= 15 is 0 Å². The molecule has 2 rings (SSSR count). The summed E-state index contributed by atoms with van der Waals surface area (Å²) in [6, 6.07) is 7.98. The maximum Gasteiger partial charge on any atom is 0.170 e. The zero-order valence-corrected chi connectivity index (χ0v) is 10.2. The van der Waals surface area contributed by atoms with Crippen LogP contribution in [0.15, 0.2) is 24.3 Å². The van der Waals surface area contributed by atoms with E-state index in [1.165, 1.54) is 0 Å². The van der Waals surface area contributed by atoms with Crippen LogP contribution in [0.1, 0.15) is 35.9 Å². The van der Waals surface area contributed by atoms with Crippen molar-refractivity contribution in [1.29, 1.82) is 0 Å². The summed E-state index contributed by atoms with van der Waals surface area (Å²) >= 11 is 0. The summed E-state index contributed by atoms with van der Waals surface area (Å²) in [7, 11) is 0. The van der Waals surface area contributed by atoms with E-state index in [9.17, 15) is 4.79 Å². The van der Waals surface area contributed by atoms with Crippen molar-refractivity contribution in [2.75, 3.05) is 0 Å². The van der Waals surface area contributed by atoms with Crippen molar-refractivity contribution in [3.05, 3.63) is 35.5 Å². The molecule has 0 unspecified atom stereocenters. The van der Waals surface area contributed by atoms with Gasteiger partial charge in [0.15, 0.2) is 6.29 Å². The number of hydrogen-bond donors (Lipinski definition) is 0.